The van der Waals surface area contributed by atoms with Crippen LogP contribution in [0.4, 0.5) is 5.69 Å². The minimum Gasteiger partial charge on any atom is -0.452 e. The largest absolute Gasteiger partial charge is 0.452 e. The molecule has 1 heterocycles. The van der Waals surface area contributed by atoms with Crippen molar-refractivity contribution in [1.82, 2.24) is 0 Å². The lowest BCUT2D eigenvalue weighted by molar-refractivity contribution is -0.380. The average molecular weight is 259 g/mol. The molecule has 6 heteroatoms. The Balaban J connectivity index is 2.73. The number of halogens is 1. The van der Waals surface area contributed by atoms with Crippen LogP contribution in [0.15, 0.2) is 10.5 Å². The first-order valence-corrected chi connectivity index (χ1v) is 4.52. The van der Waals surface area contributed by atoms with Gasteiger partial charge in [0.25, 0.3) is 0 Å². The fraction of sp³-hybridized carbons (Fsp3) is 0.125. The average Bonchev–Trinajstić information content (AvgIpc) is 2.66. The smallest absolute Gasteiger partial charge is 0.309 e. The molecule has 0 saturated carbocycles. The molecule has 0 fully saturated rings. The van der Waals surface area contributed by atoms with E-state index in [2.05, 4.69) is 15.9 Å². The maximum absolute atomic E-state index is 10.6. The minimum atomic E-state index is 0.0466. The number of ether oxygens (including phenoxy) is 2. The van der Waals surface area contributed by atoms with E-state index in [-0.39, 0.29) is 23.8 Å². The van der Waals surface area contributed by atoms with Gasteiger partial charge in [-0.05, 0) is 22.0 Å². The van der Waals surface area contributed by atoms with Gasteiger partial charge in [0.15, 0.2) is 12.0 Å². The van der Waals surface area contributed by atoms with Crippen LogP contribution in [0.1, 0.15) is 10.4 Å². The molecule has 0 aliphatic carbocycles. The monoisotopic (exact) mass is 258 g/mol. The van der Waals surface area contributed by atoms with Crippen molar-refractivity contribution in [3.8, 4) is 11.5 Å². The van der Waals surface area contributed by atoms with Crippen molar-refractivity contribution in [1.29, 1.82) is 0 Å². The maximum atomic E-state index is 10.6. The molecule has 0 spiro atoms. The fourth-order valence-corrected chi connectivity index (χ4v) is 1.79. The zero-order valence-corrected chi connectivity index (χ0v) is 8.46. The minimum absolute atomic E-state index is 0.0466. The molecule has 14 heavy (non-hydrogen) atoms. The molecule has 1 aromatic rings. The van der Waals surface area contributed by atoms with Crippen molar-refractivity contribution in [2.75, 3.05) is 6.79 Å². The first-order valence-electron chi connectivity index (χ1n) is 3.73. The van der Waals surface area contributed by atoms with E-state index in [9.17, 15) is 9.70 Å². The summed E-state index contributed by atoms with van der Waals surface area (Å²) in [6.07, 6.45) is 0.576. The summed E-state index contributed by atoms with van der Waals surface area (Å²) in [5.74, 6) is 0.713. The molecule has 0 unspecified atom stereocenters. The van der Waals surface area contributed by atoms with Gasteiger partial charge >= 0.3 is 5.69 Å². The van der Waals surface area contributed by atoms with Gasteiger partial charge in [0.2, 0.25) is 12.5 Å². The number of benzene rings is 1. The Bertz CT molecular complexity index is 418. The van der Waals surface area contributed by atoms with Crippen LogP contribution in [0.3, 0.4) is 0 Å². The highest BCUT2D eigenvalue weighted by Crippen LogP contribution is 2.44. The van der Waals surface area contributed by atoms with Gasteiger partial charge in [-0.2, -0.15) is 0 Å². The Morgan fingerprint density at radius 3 is 2.79 bits per heavy atom. The molecule has 5 nitrogen and oxygen atoms in total. The van der Waals surface area contributed by atoms with Gasteiger partial charge in [0, 0.05) is 10.1 Å². The molecular weight excluding hydrogens is 254 g/mol. The van der Waals surface area contributed by atoms with Gasteiger partial charge < -0.3 is 9.47 Å². The van der Waals surface area contributed by atoms with Crippen molar-refractivity contribution >= 4 is 27.9 Å². The highest BCUT2D eigenvalue weighted by molar-refractivity contribution is 9.10. The molecule has 2 rings (SSSR count). The second-order valence-electron chi connectivity index (χ2n) is 2.61. The van der Waals surface area contributed by atoms with Crippen molar-refractivity contribution in [3.05, 3.63) is 21.0 Å². The van der Waals surface area contributed by atoms with Crippen LogP contribution < -0.4 is 14.7 Å². The molecular formula is C8H5BrNO4+. The second-order valence-corrected chi connectivity index (χ2v) is 3.46. The Morgan fingerprint density at radius 2 is 2.14 bits per heavy atom. The summed E-state index contributed by atoms with van der Waals surface area (Å²) in [7, 11) is 0. The van der Waals surface area contributed by atoms with Crippen molar-refractivity contribution in [3.63, 3.8) is 0 Å². The van der Waals surface area contributed by atoms with Crippen molar-refractivity contribution in [2.24, 2.45) is 0 Å². The van der Waals surface area contributed by atoms with Crippen LogP contribution in [0, 0.1) is 4.91 Å². The summed E-state index contributed by atoms with van der Waals surface area (Å²) in [5.41, 5.74) is 0.340. The fourth-order valence-electron chi connectivity index (χ4n) is 1.25. The van der Waals surface area contributed by atoms with E-state index in [1.807, 2.05) is 0 Å². The first-order chi connectivity index (χ1) is 6.77. The molecule has 0 radical (unpaired) electrons. The summed E-state index contributed by atoms with van der Waals surface area (Å²) in [6.45, 7) is 0.0466. The van der Waals surface area contributed by atoms with Gasteiger partial charge in [-0.25, -0.2) is 0 Å². The molecule has 1 aliphatic rings. The first kappa shape index (κ1) is 9.14. The topological polar surface area (TPSA) is 66.6 Å². The predicted octanol–water partition coefficient (Wildman–Crippen LogP) is 0.469. The van der Waals surface area contributed by atoms with Crippen molar-refractivity contribution < 1.29 is 19.4 Å². The number of aldehydes is 1. The van der Waals surface area contributed by atoms with Crippen LogP contribution in [0.25, 0.3) is 0 Å². The van der Waals surface area contributed by atoms with Gasteiger partial charge in [-0.3, -0.25) is 4.79 Å². The van der Waals surface area contributed by atoms with Crippen LogP contribution in [0.5, 0.6) is 11.5 Å². The summed E-state index contributed by atoms with van der Waals surface area (Å²) < 4.78 is 10.8. The van der Waals surface area contributed by atoms with E-state index in [0.29, 0.717) is 16.5 Å². The lowest BCUT2D eigenvalue weighted by Gasteiger charge is -1.99. The van der Waals surface area contributed by atoms with Gasteiger partial charge in [0.1, 0.15) is 0 Å². The third-order valence-electron chi connectivity index (χ3n) is 1.86. The molecule has 72 valence electrons. The highest BCUT2D eigenvalue weighted by Gasteiger charge is 2.28. The SMILES string of the molecule is O=Cc1cc(Br)c2c(c1[NH+]=O)OCO2. The standard InChI is InChI=1S/C8H4BrNO4/c9-5-1-4(2-11)6(10-12)8-7(5)13-3-14-8/h1-2H,3H2/p+1. The zero-order valence-electron chi connectivity index (χ0n) is 6.87. The number of carbonyl (C=O) groups excluding carboxylic acids is 1. The zero-order chi connectivity index (χ0) is 10.1. The Kier molecular flexibility index (Phi) is 2.20. The van der Waals surface area contributed by atoms with Crippen LogP contribution in [0.2, 0.25) is 0 Å². The Hall–Kier alpha value is -1.43. The van der Waals surface area contributed by atoms with Gasteiger partial charge in [-0.1, -0.05) is 0 Å². The van der Waals surface area contributed by atoms with E-state index in [1.54, 1.807) is 5.18 Å². The lowest BCUT2D eigenvalue weighted by atomic mass is 10.2. The number of rotatable bonds is 2. The van der Waals surface area contributed by atoms with E-state index < -0.39 is 0 Å². The second kappa shape index (κ2) is 3.38. The number of fused-ring (bicyclic) bond motifs is 1. The molecule has 0 atom stereocenters. The third kappa shape index (κ3) is 1.19. The Labute approximate surface area is 87.1 Å². The van der Waals surface area contributed by atoms with Gasteiger partial charge in [-0.15, -0.1) is 0 Å². The van der Waals surface area contributed by atoms with E-state index >= 15 is 0 Å². The molecule has 0 saturated heterocycles. The predicted molar refractivity (Wildman–Crippen MR) is 49.6 cm³/mol. The summed E-state index contributed by atoms with van der Waals surface area (Å²) >= 11 is 3.21. The van der Waals surface area contributed by atoms with Crippen molar-refractivity contribution in [2.45, 2.75) is 0 Å². The molecule has 1 N–H and O–H groups in total. The van der Waals surface area contributed by atoms with Crippen LogP contribution >= 0.6 is 15.9 Å². The lowest BCUT2D eigenvalue weighted by Crippen LogP contribution is -2.56. The van der Waals surface area contributed by atoms with Crippen LogP contribution in [-0.4, -0.2) is 13.1 Å². The van der Waals surface area contributed by atoms with Crippen LogP contribution in [-0.2, 0) is 0 Å². The van der Waals surface area contributed by atoms with Gasteiger partial charge in [0.05, 0.1) is 10.0 Å². The number of nitroso groups, excluding NO2 is 1. The summed E-state index contributed by atoms with van der Waals surface area (Å²) in [5, 5.41) is 1.67. The highest BCUT2D eigenvalue weighted by atomic mass is 79.9. The normalized spacial score (nSPS) is 12.6. The molecule has 1 aliphatic heterocycles. The number of carbonyl (C=O) groups is 1. The molecule has 0 aromatic heterocycles. The quantitative estimate of drug-likeness (QED) is 0.784. The number of nitrogens with one attached hydrogen (secondary N) is 1. The number of hydrogen-bond donors (Lipinski definition) is 1. The maximum Gasteiger partial charge on any atom is 0.309 e. The third-order valence-corrected chi connectivity index (χ3v) is 2.45. The summed E-state index contributed by atoms with van der Waals surface area (Å²) in [4.78, 5) is 21.3. The molecule has 0 bridgehead atoms. The van der Waals surface area contributed by atoms with E-state index in [0.717, 1.165) is 0 Å². The molecule has 1 aromatic carbocycles. The number of hydrogen-bond acceptors (Lipinski definition) is 4. The Morgan fingerprint density at radius 1 is 1.43 bits per heavy atom. The van der Waals surface area contributed by atoms with E-state index in [4.69, 9.17) is 9.47 Å². The molecule has 0 amide bonds. The van der Waals surface area contributed by atoms with E-state index in [1.165, 1.54) is 6.07 Å². The summed E-state index contributed by atoms with van der Waals surface area (Å²) in [6, 6.07) is 1.50.